The summed E-state index contributed by atoms with van der Waals surface area (Å²) in [5.41, 5.74) is 1.25. The van der Waals surface area contributed by atoms with Gasteiger partial charge in [0.1, 0.15) is 5.75 Å². The van der Waals surface area contributed by atoms with E-state index in [9.17, 15) is 9.59 Å². The van der Waals surface area contributed by atoms with Gasteiger partial charge < -0.3 is 10.1 Å². The molecule has 0 bridgehead atoms. The highest BCUT2D eigenvalue weighted by molar-refractivity contribution is 5.96. The summed E-state index contributed by atoms with van der Waals surface area (Å²) >= 11 is 0. The van der Waals surface area contributed by atoms with Crippen LogP contribution in [0, 0.1) is 0 Å². The molecule has 2 atom stereocenters. The lowest BCUT2D eigenvalue weighted by Crippen LogP contribution is -2.50. The van der Waals surface area contributed by atoms with Gasteiger partial charge in [-0.05, 0) is 57.4 Å². The van der Waals surface area contributed by atoms with E-state index < -0.39 is 6.03 Å². The first-order valence-electron chi connectivity index (χ1n) is 8.40. The Labute approximate surface area is 143 Å². The number of hydrogen-bond donors (Lipinski definition) is 2. The number of nitrogens with one attached hydrogen (secondary N) is 2. The average molecular weight is 333 g/mol. The zero-order valence-corrected chi connectivity index (χ0v) is 14.8. The Bertz CT molecular complexity index is 571. The van der Waals surface area contributed by atoms with Crippen molar-refractivity contribution in [2.75, 3.05) is 20.2 Å². The van der Waals surface area contributed by atoms with Crippen LogP contribution in [-0.4, -0.2) is 49.1 Å². The fourth-order valence-electron chi connectivity index (χ4n) is 2.97. The lowest BCUT2D eigenvalue weighted by Gasteiger charge is -2.23. The number of methoxy groups -OCH3 is 1. The van der Waals surface area contributed by atoms with Crippen LogP contribution in [0.3, 0.4) is 0 Å². The van der Waals surface area contributed by atoms with Crippen LogP contribution in [0.25, 0.3) is 0 Å². The maximum Gasteiger partial charge on any atom is 0.321 e. The van der Waals surface area contributed by atoms with E-state index in [0.29, 0.717) is 5.92 Å². The van der Waals surface area contributed by atoms with Gasteiger partial charge in [0.25, 0.3) is 0 Å². The molecular formula is C18H27N3O3. The van der Waals surface area contributed by atoms with Crippen molar-refractivity contribution in [2.24, 2.45) is 0 Å². The summed E-state index contributed by atoms with van der Waals surface area (Å²) < 4.78 is 5.19. The van der Waals surface area contributed by atoms with Crippen LogP contribution in [0.1, 0.15) is 38.7 Å². The lowest BCUT2D eigenvalue weighted by molar-refractivity contribution is -0.124. The van der Waals surface area contributed by atoms with Gasteiger partial charge in [-0.3, -0.25) is 15.0 Å². The highest BCUT2D eigenvalue weighted by Gasteiger charge is 2.31. The molecule has 0 spiro atoms. The number of carbonyl (C=O) groups excluding carboxylic acids is 2. The van der Waals surface area contributed by atoms with Crippen LogP contribution in [-0.2, 0) is 4.79 Å². The third-order valence-corrected chi connectivity index (χ3v) is 4.39. The van der Waals surface area contributed by atoms with E-state index in [2.05, 4.69) is 27.7 Å². The van der Waals surface area contributed by atoms with Crippen molar-refractivity contribution < 1.29 is 14.3 Å². The molecule has 2 rings (SSSR count). The minimum atomic E-state index is -0.437. The van der Waals surface area contributed by atoms with Crippen LogP contribution in [0.5, 0.6) is 5.75 Å². The summed E-state index contributed by atoms with van der Waals surface area (Å²) in [6, 6.07) is 7.31. The van der Waals surface area contributed by atoms with Gasteiger partial charge in [-0.2, -0.15) is 0 Å². The van der Waals surface area contributed by atoms with Crippen molar-refractivity contribution in [2.45, 2.75) is 45.2 Å². The van der Waals surface area contributed by atoms with E-state index in [-0.39, 0.29) is 18.0 Å². The van der Waals surface area contributed by atoms with Crippen molar-refractivity contribution in [3.05, 3.63) is 29.8 Å². The second kappa shape index (κ2) is 8.15. The predicted octanol–water partition coefficient (Wildman–Crippen LogP) is 2.11. The molecule has 3 amide bonds. The SMILES string of the molecule is COc1ccc([C@@H]2CCN([C@@H](C)C(=O)NC(=O)NC(C)C)C2)cc1. The third-order valence-electron chi connectivity index (χ3n) is 4.39. The number of benzene rings is 1. The Kier molecular flexibility index (Phi) is 6.20. The molecule has 6 nitrogen and oxygen atoms in total. The fraction of sp³-hybridized carbons (Fsp3) is 0.556. The summed E-state index contributed by atoms with van der Waals surface area (Å²) in [7, 11) is 1.65. The normalized spacial score (nSPS) is 19.1. The quantitative estimate of drug-likeness (QED) is 0.866. The molecule has 1 heterocycles. The smallest absolute Gasteiger partial charge is 0.321 e. The maximum atomic E-state index is 12.2. The number of hydrogen-bond acceptors (Lipinski definition) is 4. The molecule has 2 N–H and O–H groups in total. The number of amides is 3. The number of ether oxygens (including phenoxy) is 1. The van der Waals surface area contributed by atoms with Gasteiger partial charge in [0.2, 0.25) is 5.91 Å². The highest BCUT2D eigenvalue weighted by atomic mass is 16.5. The summed E-state index contributed by atoms with van der Waals surface area (Å²) in [5, 5.41) is 5.07. The van der Waals surface area contributed by atoms with Gasteiger partial charge in [-0.1, -0.05) is 12.1 Å². The molecule has 24 heavy (non-hydrogen) atoms. The number of carbonyl (C=O) groups is 2. The topological polar surface area (TPSA) is 70.7 Å². The largest absolute Gasteiger partial charge is 0.497 e. The molecule has 0 radical (unpaired) electrons. The van der Waals surface area contributed by atoms with E-state index in [0.717, 1.165) is 25.3 Å². The van der Waals surface area contributed by atoms with Crippen molar-refractivity contribution >= 4 is 11.9 Å². The maximum absolute atomic E-state index is 12.2. The summed E-state index contributed by atoms with van der Waals surface area (Å²) in [4.78, 5) is 26.0. The summed E-state index contributed by atoms with van der Waals surface area (Å²) in [5.74, 6) is 0.983. The van der Waals surface area contributed by atoms with Crippen molar-refractivity contribution in [3.63, 3.8) is 0 Å². The molecule has 0 aromatic heterocycles. The zero-order chi connectivity index (χ0) is 17.7. The number of nitrogens with zero attached hydrogens (tertiary/aromatic N) is 1. The molecule has 0 saturated carbocycles. The molecule has 0 unspecified atom stereocenters. The highest BCUT2D eigenvalue weighted by Crippen LogP contribution is 2.29. The van der Waals surface area contributed by atoms with Crippen molar-refractivity contribution in [1.29, 1.82) is 0 Å². The second-order valence-corrected chi connectivity index (χ2v) is 6.55. The van der Waals surface area contributed by atoms with Crippen molar-refractivity contribution in [1.82, 2.24) is 15.5 Å². The molecule has 0 aliphatic carbocycles. The van der Waals surface area contributed by atoms with E-state index in [1.54, 1.807) is 7.11 Å². The van der Waals surface area contributed by atoms with E-state index in [1.807, 2.05) is 32.9 Å². The molecule has 1 aliphatic rings. The first-order chi connectivity index (χ1) is 11.4. The van der Waals surface area contributed by atoms with Gasteiger partial charge in [0.05, 0.1) is 13.2 Å². The number of likely N-dealkylation sites (tertiary alicyclic amines) is 1. The third kappa shape index (κ3) is 4.71. The van der Waals surface area contributed by atoms with Gasteiger partial charge in [-0.15, -0.1) is 0 Å². The zero-order valence-electron chi connectivity index (χ0n) is 14.8. The number of urea groups is 1. The fourth-order valence-corrected chi connectivity index (χ4v) is 2.97. The van der Waals surface area contributed by atoms with E-state index in [1.165, 1.54) is 5.56 Å². The van der Waals surface area contributed by atoms with E-state index in [4.69, 9.17) is 4.74 Å². The Morgan fingerprint density at radius 1 is 1.21 bits per heavy atom. The number of rotatable bonds is 5. The summed E-state index contributed by atoms with van der Waals surface area (Å²) in [6.45, 7) is 7.21. The van der Waals surface area contributed by atoms with Crippen LogP contribution in [0.15, 0.2) is 24.3 Å². The predicted molar refractivity (Wildman–Crippen MR) is 93.2 cm³/mol. The number of imide groups is 1. The van der Waals surface area contributed by atoms with E-state index >= 15 is 0 Å². The van der Waals surface area contributed by atoms with Crippen LogP contribution in [0.4, 0.5) is 4.79 Å². The Morgan fingerprint density at radius 3 is 2.46 bits per heavy atom. The van der Waals surface area contributed by atoms with Gasteiger partial charge in [-0.25, -0.2) is 4.79 Å². The monoisotopic (exact) mass is 333 g/mol. The molecule has 132 valence electrons. The molecule has 1 aliphatic heterocycles. The minimum Gasteiger partial charge on any atom is -0.497 e. The minimum absolute atomic E-state index is 0.000606. The first kappa shape index (κ1) is 18.3. The van der Waals surface area contributed by atoms with Crippen molar-refractivity contribution in [3.8, 4) is 5.75 Å². The van der Waals surface area contributed by atoms with Gasteiger partial charge in [0.15, 0.2) is 0 Å². The van der Waals surface area contributed by atoms with Gasteiger partial charge >= 0.3 is 6.03 Å². The van der Waals surface area contributed by atoms with Crippen LogP contribution in [0.2, 0.25) is 0 Å². The Balaban J connectivity index is 1.89. The second-order valence-electron chi connectivity index (χ2n) is 6.55. The Hall–Kier alpha value is -2.08. The molecule has 1 aromatic carbocycles. The molecule has 1 fully saturated rings. The molecule has 6 heteroatoms. The summed E-state index contributed by atoms with van der Waals surface area (Å²) in [6.07, 6.45) is 1.00. The van der Waals surface area contributed by atoms with Gasteiger partial charge in [0, 0.05) is 12.6 Å². The van der Waals surface area contributed by atoms with Crippen LogP contribution >= 0.6 is 0 Å². The molecular weight excluding hydrogens is 306 g/mol. The molecule has 1 saturated heterocycles. The van der Waals surface area contributed by atoms with Crippen LogP contribution < -0.4 is 15.4 Å². The average Bonchev–Trinajstić information content (AvgIpc) is 3.03. The standard InChI is InChI=1S/C18H27N3O3/c1-12(2)19-18(23)20-17(22)13(3)21-10-9-15(11-21)14-5-7-16(24-4)8-6-14/h5-8,12-13,15H,9-11H2,1-4H3,(H2,19,20,22,23)/t13-,15+/m0/s1. The Morgan fingerprint density at radius 2 is 1.88 bits per heavy atom. The molecule has 1 aromatic rings. The lowest BCUT2D eigenvalue weighted by atomic mass is 9.98. The first-order valence-corrected chi connectivity index (χ1v) is 8.40.